The van der Waals surface area contributed by atoms with Crippen molar-refractivity contribution in [3.63, 3.8) is 0 Å². The monoisotopic (exact) mass is 362 g/mol. The van der Waals surface area contributed by atoms with Crippen LogP contribution in [0, 0.1) is 6.92 Å². The molecule has 27 heavy (non-hydrogen) atoms. The summed E-state index contributed by atoms with van der Waals surface area (Å²) in [5.41, 5.74) is 7.01. The lowest BCUT2D eigenvalue weighted by atomic mass is 10.1. The third kappa shape index (κ3) is 3.19. The molecule has 2 heterocycles. The molecule has 0 atom stereocenters. The molecule has 4 rings (SSSR count). The minimum absolute atomic E-state index is 0.0767. The molecule has 7 nitrogen and oxygen atoms in total. The SMILES string of the molecule is Cc1ccc(C(=O)NNC(=O)c2ccc3c(=O)n4c(nc3c2)CCC4)cc1. The first-order valence-corrected chi connectivity index (χ1v) is 8.74. The minimum Gasteiger partial charge on any atom is -0.296 e. The van der Waals surface area contributed by atoms with E-state index in [1.54, 1.807) is 34.9 Å². The number of carbonyl (C=O) groups is 2. The lowest BCUT2D eigenvalue weighted by Crippen LogP contribution is -2.41. The Bertz CT molecular complexity index is 1120. The van der Waals surface area contributed by atoms with E-state index >= 15 is 0 Å². The maximum atomic E-state index is 12.5. The molecule has 0 bridgehead atoms. The van der Waals surface area contributed by atoms with Gasteiger partial charge in [-0.3, -0.25) is 29.8 Å². The molecular weight excluding hydrogens is 344 g/mol. The zero-order valence-electron chi connectivity index (χ0n) is 14.8. The van der Waals surface area contributed by atoms with Crippen molar-refractivity contribution in [2.24, 2.45) is 0 Å². The van der Waals surface area contributed by atoms with Gasteiger partial charge >= 0.3 is 0 Å². The van der Waals surface area contributed by atoms with Gasteiger partial charge in [0.15, 0.2) is 0 Å². The largest absolute Gasteiger partial charge is 0.296 e. The Morgan fingerprint density at radius 2 is 1.67 bits per heavy atom. The Morgan fingerprint density at radius 3 is 2.41 bits per heavy atom. The highest BCUT2D eigenvalue weighted by Gasteiger charge is 2.17. The Kier molecular flexibility index (Phi) is 4.19. The highest BCUT2D eigenvalue weighted by atomic mass is 16.2. The maximum absolute atomic E-state index is 12.5. The summed E-state index contributed by atoms with van der Waals surface area (Å²) >= 11 is 0. The fraction of sp³-hybridized carbons (Fsp3) is 0.200. The van der Waals surface area contributed by atoms with E-state index in [-0.39, 0.29) is 5.56 Å². The number of rotatable bonds is 2. The van der Waals surface area contributed by atoms with Crippen molar-refractivity contribution in [2.75, 3.05) is 0 Å². The highest BCUT2D eigenvalue weighted by molar-refractivity contribution is 6.00. The van der Waals surface area contributed by atoms with E-state index in [4.69, 9.17) is 0 Å². The lowest BCUT2D eigenvalue weighted by molar-refractivity contribution is 0.0847. The standard InChI is InChI=1S/C20H18N4O3/c1-12-4-6-13(7-5-12)18(25)22-23-19(26)14-8-9-15-16(11-14)21-17-3-2-10-24(17)20(15)27/h4-9,11H,2-3,10H2,1H3,(H,22,25)(H,23,26). The summed E-state index contributed by atoms with van der Waals surface area (Å²) in [5, 5.41) is 0.487. The summed E-state index contributed by atoms with van der Waals surface area (Å²) in [6, 6.07) is 11.7. The molecule has 0 aliphatic carbocycles. The molecule has 2 N–H and O–H groups in total. The van der Waals surface area contributed by atoms with Gasteiger partial charge in [-0.1, -0.05) is 17.7 Å². The topological polar surface area (TPSA) is 93.1 Å². The van der Waals surface area contributed by atoms with Gasteiger partial charge in [-0.2, -0.15) is 0 Å². The predicted octanol–water partition coefficient (Wildman–Crippen LogP) is 1.73. The van der Waals surface area contributed by atoms with Crippen LogP contribution in [0.15, 0.2) is 47.3 Å². The summed E-state index contributed by atoms with van der Waals surface area (Å²) in [5.74, 6) is -0.129. The van der Waals surface area contributed by atoms with Crippen molar-refractivity contribution in [3.05, 3.63) is 75.3 Å². The number of aromatic nitrogens is 2. The Hall–Kier alpha value is -3.48. The van der Waals surface area contributed by atoms with Crippen LogP contribution in [0.1, 0.15) is 38.5 Å². The van der Waals surface area contributed by atoms with E-state index in [2.05, 4.69) is 15.8 Å². The first-order valence-electron chi connectivity index (χ1n) is 8.74. The third-order valence-corrected chi connectivity index (χ3v) is 4.68. The van der Waals surface area contributed by atoms with Gasteiger partial charge in [0.25, 0.3) is 17.4 Å². The van der Waals surface area contributed by atoms with Gasteiger partial charge in [-0.15, -0.1) is 0 Å². The fourth-order valence-corrected chi connectivity index (χ4v) is 3.19. The van der Waals surface area contributed by atoms with Gasteiger partial charge in [0.05, 0.1) is 10.9 Å². The number of nitrogens with one attached hydrogen (secondary N) is 2. The molecule has 0 spiro atoms. The summed E-state index contributed by atoms with van der Waals surface area (Å²) in [6.07, 6.45) is 1.66. The van der Waals surface area contributed by atoms with Crippen LogP contribution in [0.2, 0.25) is 0 Å². The van der Waals surface area contributed by atoms with Crippen LogP contribution in [0.5, 0.6) is 0 Å². The quantitative estimate of drug-likeness (QED) is 0.679. The molecule has 0 saturated carbocycles. The second-order valence-corrected chi connectivity index (χ2v) is 6.59. The Balaban J connectivity index is 1.52. The number of nitrogens with zero attached hydrogens (tertiary/aromatic N) is 2. The molecule has 2 amide bonds. The molecule has 1 aliphatic heterocycles. The van der Waals surface area contributed by atoms with E-state index in [9.17, 15) is 14.4 Å². The molecule has 0 saturated heterocycles. The third-order valence-electron chi connectivity index (χ3n) is 4.68. The number of hydrogen-bond acceptors (Lipinski definition) is 4. The van der Waals surface area contributed by atoms with Crippen molar-refractivity contribution in [2.45, 2.75) is 26.3 Å². The van der Waals surface area contributed by atoms with Gasteiger partial charge in [0.1, 0.15) is 5.82 Å². The molecule has 3 aromatic rings. The average molecular weight is 362 g/mol. The number of aryl methyl sites for hydroxylation is 2. The number of amides is 2. The average Bonchev–Trinajstić information content (AvgIpc) is 3.15. The van der Waals surface area contributed by atoms with E-state index in [1.807, 2.05) is 19.1 Å². The van der Waals surface area contributed by atoms with Crippen molar-refractivity contribution in [3.8, 4) is 0 Å². The van der Waals surface area contributed by atoms with E-state index < -0.39 is 11.8 Å². The van der Waals surface area contributed by atoms with Gasteiger partial charge in [-0.05, 0) is 43.7 Å². The van der Waals surface area contributed by atoms with E-state index in [1.165, 1.54) is 0 Å². The highest BCUT2D eigenvalue weighted by Crippen LogP contribution is 2.16. The molecule has 0 unspecified atom stereocenters. The fourth-order valence-electron chi connectivity index (χ4n) is 3.19. The van der Waals surface area contributed by atoms with Crippen LogP contribution in [-0.2, 0) is 13.0 Å². The van der Waals surface area contributed by atoms with E-state index in [0.717, 1.165) is 24.2 Å². The molecule has 7 heteroatoms. The molecule has 136 valence electrons. The van der Waals surface area contributed by atoms with Gasteiger partial charge < -0.3 is 0 Å². The second kappa shape index (κ2) is 6.68. The lowest BCUT2D eigenvalue weighted by Gasteiger charge is -2.09. The minimum atomic E-state index is -0.472. The van der Waals surface area contributed by atoms with Gasteiger partial charge in [0, 0.05) is 24.1 Å². The van der Waals surface area contributed by atoms with Crippen molar-refractivity contribution in [1.82, 2.24) is 20.4 Å². The van der Waals surface area contributed by atoms with Crippen molar-refractivity contribution >= 4 is 22.7 Å². The summed E-state index contributed by atoms with van der Waals surface area (Å²) in [4.78, 5) is 41.4. The number of hydrogen-bond donors (Lipinski definition) is 2. The number of benzene rings is 2. The molecule has 0 fully saturated rings. The van der Waals surface area contributed by atoms with Gasteiger partial charge in [-0.25, -0.2) is 4.98 Å². The molecule has 1 aliphatic rings. The number of carbonyl (C=O) groups excluding carboxylic acids is 2. The first kappa shape index (κ1) is 17.0. The van der Waals surface area contributed by atoms with E-state index in [0.29, 0.717) is 28.6 Å². The van der Waals surface area contributed by atoms with Crippen LogP contribution in [0.4, 0.5) is 0 Å². The summed E-state index contributed by atoms with van der Waals surface area (Å²) in [7, 11) is 0. The summed E-state index contributed by atoms with van der Waals surface area (Å²) < 4.78 is 1.68. The number of fused-ring (bicyclic) bond motifs is 2. The van der Waals surface area contributed by atoms with Crippen LogP contribution in [0.25, 0.3) is 10.9 Å². The Labute approximate surface area is 155 Å². The zero-order valence-corrected chi connectivity index (χ0v) is 14.8. The Morgan fingerprint density at radius 1 is 1.00 bits per heavy atom. The zero-order chi connectivity index (χ0) is 19.0. The molecule has 1 aromatic heterocycles. The first-order chi connectivity index (χ1) is 13.0. The van der Waals surface area contributed by atoms with Crippen molar-refractivity contribution < 1.29 is 9.59 Å². The predicted molar refractivity (Wildman–Crippen MR) is 100 cm³/mol. The molecule has 0 radical (unpaired) electrons. The smallest absolute Gasteiger partial charge is 0.269 e. The normalized spacial score (nSPS) is 12.6. The van der Waals surface area contributed by atoms with Crippen LogP contribution >= 0.6 is 0 Å². The van der Waals surface area contributed by atoms with Crippen LogP contribution in [0.3, 0.4) is 0 Å². The van der Waals surface area contributed by atoms with Crippen molar-refractivity contribution in [1.29, 1.82) is 0 Å². The number of hydrazine groups is 1. The molecular formula is C20H18N4O3. The van der Waals surface area contributed by atoms with Gasteiger partial charge in [0.2, 0.25) is 0 Å². The van der Waals surface area contributed by atoms with Crippen LogP contribution < -0.4 is 16.4 Å². The molecule has 2 aromatic carbocycles. The maximum Gasteiger partial charge on any atom is 0.269 e. The van der Waals surface area contributed by atoms with Crippen LogP contribution in [-0.4, -0.2) is 21.4 Å². The second-order valence-electron chi connectivity index (χ2n) is 6.59. The summed E-state index contributed by atoms with van der Waals surface area (Å²) in [6.45, 7) is 2.61.